The Bertz CT molecular complexity index is 1050. The summed E-state index contributed by atoms with van der Waals surface area (Å²) in [5.41, 5.74) is 1.78. The van der Waals surface area contributed by atoms with Gasteiger partial charge in [0.1, 0.15) is 31.1 Å². The first-order valence-electron chi connectivity index (χ1n) is 9.58. The van der Waals surface area contributed by atoms with Gasteiger partial charge in [-0.15, -0.1) is 11.3 Å². The summed E-state index contributed by atoms with van der Waals surface area (Å²) in [7, 11) is 0. The van der Waals surface area contributed by atoms with E-state index in [1.807, 2.05) is 25.1 Å². The third-order valence-electron chi connectivity index (χ3n) is 4.44. The number of rotatable bonds is 8. The molecule has 0 unspecified atom stereocenters. The molecule has 0 radical (unpaired) electrons. The molecule has 1 aromatic carbocycles. The van der Waals surface area contributed by atoms with Crippen molar-refractivity contribution in [2.45, 2.75) is 13.3 Å². The van der Waals surface area contributed by atoms with Crippen molar-refractivity contribution in [3.8, 4) is 27.8 Å². The number of aromatic carboxylic acids is 1. The van der Waals surface area contributed by atoms with Crippen LogP contribution in [0.25, 0.3) is 10.6 Å². The fraction of sp³-hybridized carbons (Fsp3) is 0.286. The molecule has 2 aromatic heterocycles. The number of hydrogen-bond acceptors (Lipinski definition) is 8. The molecule has 0 spiro atoms. The Morgan fingerprint density at radius 3 is 2.83 bits per heavy atom. The van der Waals surface area contributed by atoms with E-state index in [1.165, 1.54) is 6.33 Å². The maximum absolute atomic E-state index is 11.4. The summed E-state index contributed by atoms with van der Waals surface area (Å²) in [5, 5.41) is 12.7. The Balaban J connectivity index is 1.43. The van der Waals surface area contributed by atoms with Gasteiger partial charge < -0.3 is 24.6 Å². The van der Waals surface area contributed by atoms with Gasteiger partial charge in [0, 0.05) is 18.7 Å². The first-order chi connectivity index (χ1) is 14.6. The molecule has 8 nitrogen and oxygen atoms in total. The van der Waals surface area contributed by atoms with Crippen LogP contribution < -0.4 is 19.5 Å². The number of carbonyl (C=O) groups is 1. The molecule has 1 aliphatic rings. The molecule has 0 saturated heterocycles. The fourth-order valence-corrected chi connectivity index (χ4v) is 3.99. The van der Waals surface area contributed by atoms with Crippen molar-refractivity contribution in [2.75, 3.05) is 31.7 Å². The topological polar surface area (TPSA) is 103 Å². The third kappa shape index (κ3) is 4.46. The van der Waals surface area contributed by atoms with E-state index in [2.05, 4.69) is 15.3 Å². The van der Waals surface area contributed by atoms with Crippen LogP contribution in [0.4, 0.5) is 5.82 Å². The van der Waals surface area contributed by atoms with Gasteiger partial charge in [-0.25, -0.2) is 14.8 Å². The van der Waals surface area contributed by atoms with E-state index in [4.69, 9.17) is 14.2 Å². The summed E-state index contributed by atoms with van der Waals surface area (Å²) >= 11 is 1.13. The molecule has 0 atom stereocenters. The van der Waals surface area contributed by atoms with Crippen LogP contribution in [-0.4, -0.2) is 47.4 Å². The number of benzene rings is 1. The van der Waals surface area contributed by atoms with Crippen LogP contribution in [-0.2, 0) is 6.42 Å². The maximum atomic E-state index is 11.4. The Kier molecular flexibility index (Phi) is 5.99. The Morgan fingerprint density at radius 1 is 1.20 bits per heavy atom. The van der Waals surface area contributed by atoms with E-state index in [9.17, 15) is 9.90 Å². The van der Waals surface area contributed by atoms with Crippen molar-refractivity contribution >= 4 is 23.1 Å². The first-order valence-corrected chi connectivity index (χ1v) is 10.4. The molecule has 9 heteroatoms. The van der Waals surface area contributed by atoms with Gasteiger partial charge >= 0.3 is 5.97 Å². The number of carboxylic acid groups (broad SMARTS) is 1. The van der Waals surface area contributed by atoms with Crippen LogP contribution >= 0.6 is 11.3 Å². The van der Waals surface area contributed by atoms with E-state index in [-0.39, 0.29) is 4.88 Å². The van der Waals surface area contributed by atoms with Crippen LogP contribution in [0.5, 0.6) is 17.2 Å². The highest BCUT2D eigenvalue weighted by Gasteiger charge is 2.18. The molecule has 3 heterocycles. The van der Waals surface area contributed by atoms with Crippen molar-refractivity contribution in [1.82, 2.24) is 9.97 Å². The van der Waals surface area contributed by atoms with Gasteiger partial charge in [0.05, 0.1) is 17.2 Å². The van der Waals surface area contributed by atoms with Crippen molar-refractivity contribution in [3.05, 3.63) is 47.1 Å². The molecule has 1 aliphatic heterocycles. The molecular weight excluding hydrogens is 406 g/mol. The number of carboxylic acids is 1. The highest BCUT2D eigenvalue weighted by molar-refractivity contribution is 7.17. The Labute approximate surface area is 177 Å². The second kappa shape index (κ2) is 9.00. The van der Waals surface area contributed by atoms with Crippen LogP contribution in [0, 0.1) is 0 Å². The lowest BCUT2D eigenvalue weighted by atomic mass is 10.1. The van der Waals surface area contributed by atoms with Crippen molar-refractivity contribution in [1.29, 1.82) is 0 Å². The molecule has 0 saturated carbocycles. The van der Waals surface area contributed by atoms with Crippen LogP contribution in [0.2, 0.25) is 0 Å². The van der Waals surface area contributed by atoms with Gasteiger partial charge in [0.2, 0.25) is 0 Å². The predicted octanol–water partition coefficient (Wildman–Crippen LogP) is 3.73. The van der Waals surface area contributed by atoms with Crippen molar-refractivity contribution in [2.24, 2.45) is 0 Å². The minimum atomic E-state index is -1.01. The number of thiophene rings is 1. The zero-order valence-electron chi connectivity index (χ0n) is 16.4. The Morgan fingerprint density at radius 2 is 2.03 bits per heavy atom. The second-order valence-corrected chi connectivity index (χ2v) is 7.54. The highest BCUT2D eigenvalue weighted by atomic mass is 32.1. The fourth-order valence-electron chi connectivity index (χ4n) is 3.08. The van der Waals surface area contributed by atoms with Crippen molar-refractivity contribution < 1.29 is 24.1 Å². The van der Waals surface area contributed by atoms with Crippen LogP contribution in [0.1, 0.15) is 22.2 Å². The summed E-state index contributed by atoms with van der Waals surface area (Å²) in [6.07, 6.45) is 2.24. The number of aromatic nitrogens is 2. The second-order valence-electron chi connectivity index (χ2n) is 6.49. The van der Waals surface area contributed by atoms with Gasteiger partial charge in [-0.05, 0) is 31.0 Å². The number of anilines is 1. The molecule has 4 rings (SSSR count). The summed E-state index contributed by atoms with van der Waals surface area (Å²) in [4.78, 5) is 20.9. The average molecular weight is 427 g/mol. The SMILES string of the molecule is CCOc1cc(-c2cc(NCCc3ccc4c(c3)OCCO4)ncn2)sc1C(=O)O. The lowest BCUT2D eigenvalue weighted by Gasteiger charge is -2.18. The van der Waals surface area contributed by atoms with Crippen LogP contribution in [0.15, 0.2) is 36.7 Å². The first kappa shape index (κ1) is 20.0. The zero-order chi connectivity index (χ0) is 20.9. The molecule has 2 N–H and O–H groups in total. The Hall–Kier alpha value is -3.33. The number of nitrogens with one attached hydrogen (secondary N) is 1. The number of fused-ring (bicyclic) bond motifs is 1. The number of hydrogen-bond donors (Lipinski definition) is 2. The quantitative estimate of drug-likeness (QED) is 0.561. The van der Waals surface area contributed by atoms with Gasteiger partial charge in [0.15, 0.2) is 16.4 Å². The highest BCUT2D eigenvalue weighted by Crippen LogP contribution is 2.36. The lowest BCUT2D eigenvalue weighted by Crippen LogP contribution is -2.15. The van der Waals surface area contributed by atoms with E-state index in [0.29, 0.717) is 48.5 Å². The van der Waals surface area contributed by atoms with Gasteiger partial charge in [-0.2, -0.15) is 0 Å². The number of ether oxygens (including phenoxy) is 3. The molecule has 30 heavy (non-hydrogen) atoms. The average Bonchev–Trinajstić information content (AvgIpc) is 3.19. The molecule has 0 amide bonds. The standard InChI is InChI=1S/C21H21N3O5S/c1-2-27-17-11-18(30-20(17)21(25)26)14-10-19(24-12-23-14)22-6-5-13-3-4-15-16(9-13)29-8-7-28-15/h3-4,9-12H,2,5-8H2,1H3,(H,25,26)(H,22,23,24). The van der Waals surface area contributed by atoms with E-state index in [1.54, 1.807) is 12.1 Å². The lowest BCUT2D eigenvalue weighted by molar-refractivity contribution is 0.0698. The molecule has 156 valence electrons. The summed E-state index contributed by atoms with van der Waals surface area (Å²) in [6, 6.07) is 9.46. The molecule has 0 aliphatic carbocycles. The third-order valence-corrected chi connectivity index (χ3v) is 5.56. The van der Waals surface area contributed by atoms with Gasteiger partial charge in [-0.1, -0.05) is 6.07 Å². The summed E-state index contributed by atoms with van der Waals surface area (Å²) in [6.45, 7) is 4.03. The molecule has 3 aromatic rings. The number of nitrogens with zero attached hydrogens (tertiary/aromatic N) is 2. The smallest absolute Gasteiger partial charge is 0.349 e. The van der Waals surface area contributed by atoms with E-state index >= 15 is 0 Å². The minimum absolute atomic E-state index is 0.165. The van der Waals surface area contributed by atoms with Crippen LogP contribution in [0.3, 0.4) is 0 Å². The summed E-state index contributed by atoms with van der Waals surface area (Å²) < 4.78 is 16.6. The zero-order valence-corrected chi connectivity index (χ0v) is 17.2. The molecular formula is C21H21N3O5S. The van der Waals surface area contributed by atoms with Gasteiger partial charge in [-0.3, -0.25) is 0 Å². The monoisotopic (exact) mass is 427 g/mol. The van der Waals surface area contributed by atoms with Gasteiger partial charge in [0.25, 0.3) is 0 Å². The minimum Gasteiger partial charge on any atom is -0.492 e. The normalized spacial score (nSPS) is 12.4. The van der Waals surface area contributed by atoms with E-state index < -0.39 is 5.97 Å². The largest absolute Gasteiger partial charge is 0.492 e. The van der Waals surface area contributed by atoms with E-state index in [0.717, 1.165) is 34.8 Å². The maximum Gasteiger partial charge on any atom is 0.349 e. The predicted molar refractivity (Wildman–Crippen MR) is 113 cm³/mol. The molecule has 0 fully saturated rings. The molecule has 0 bridgehead atoms. The van der Waals surface area contributed by atoms with Crippen molar-refractivity contribution in [3.63, 3.8) is 0 Å². The summed E-state index contributed by atoms with van der Waals surface area (Å²) in [5.74, 6) is 1.57.